The monoisotopic (exact) mass is 422 g/mol. The summed E-state index contributed by atoms with van der Waals surface area (Å²) in [5.41, 5.74) is 6.16. The number of carbonyl (C=O) groups excluding carboxylic acids is 1. The predicted molar refractivity (Wildman–Crippen MR) is 128 cm³/mol. The summed E-state index contributed by atoms with van der Waals surface area (Å²) in [4.78, 5) is 25.4. The summed E-state index contributed by atoms with van der Waals surface area (Å²) < 4.78 is 3.49. The second kappa shape index (κ2) is 7.74. The van der Waals surface area contributed by atoms with E-state index in [-0.39, 0.29) is 11.5 Å². The highest BCUT2D eigenvalue weighted by Crippen LogP contribution is 2.32. The fraction of sp³-hybridized carbons (Fsp3) is 0.0769. The van der Waals surface area contributed by atoms with Crippen molar-refractivity contribution in [3.63, 3.8) is 0 Å². The van der Waals surface area contributed by atoms with Crippen LogP contribution in [-0.4, -0.2) is 15.3 Å². The van der Waals surface area contributed by atoms with Crippen molar-refractivity contribution in [1.82, 2.24) is 9.36 Å². The lowest BCUT2D eigenvalue weighted by molar-refractivity contribution is -0.110. The second-order valence-corrected chi connectivity index (χ2v) is 7.74. The molecule has 0 spiro atoms. The first-order valence-electron chi connectivity index (χ1n) is 10.4. The summed E-state index contributed by atoms with van der Waals surface area (Å²) >= 11 is 0. The van der Waals surface area contributed by atoms with Crippen molar-refractivity contribution in [3.05, 3.63) is 106 Å². The van der Waals surface area contributed by atoms with E-state index in [0.717, 1.165) is 33.9 Å². The van der Waals surface area contributed by atoms with E-state index in [4.69, 9.17) is 0 Å². The van der Waals surface area contributed by atoms with Gasteiger partial charge in [0.15, 0.2) is 0 Å². The minimum Gasteiger partial charge on any atom is -0.349 e. The third kappa shape index (κ3) is 3.32. The number of anilines is 3. The van der Waals surface area contributed by atoms with Crippen LogP contribution in [-0.2, 0) is 11.8 Å². The van der Waals surface area contributed by atoms with Gasteiger partial charge in [-0.1, -0.05) is 48.5 Å². The quantitative estimate of drug-likeness (QED) is 0.468. The number of aromatic nitrogens is 2. The summed E-state index contributed by atoms with van der Waals surface area (Å²) in [5, 5.41) is 6.15. The van der Waals surface area contributed by atoms with Gasteiger partial charge in [-0.05, 0) is 48.9 Å². The molecule has 6 nitrogen and oxygen atoms in total. The molecule has 1 aliphatic heterocycles. The van der Waals surface area contributed by atoms with Crippen molar-refractivity contribution in [1.29, 1.82) is 0 Å². The lowest BCUT2D eigenvalue weighted by Crippen LogP contribution is -2.20. The molecule has 6 heteroatoms. The van der Waals surface area contributed by atoms with E-state index in [1.807, 2.05) is 104 Å². The highest BCUT2D eigenvalue weighted by molar-refractivity contribution is 6.34. The number of nitrogens with zero attached hydrogens (tertiary/aromatic N) is 2. The van der Waals surface area contributed by atoms with E-state index in [9.17, 15) is 9.59 Å². The van der Waals surface area contributed by atoms with Gasteiger partial charge in [0.1, 0.15) is 5.69 Å². The summed E-state index contributed by atoms with van der Waals surface area (Å²) in [6.45, 7) is 1.91. The number of carbonyl (C=O) groups is 1. The fourth-order valence-electron chi connectivity index (χ4n) is 3.97. The molecule has 0 aliphatic carbocycles. The van der Waals surface area contributed by atoms with Gasteiger partial charge in [0.25, 0.3) is 11.5 Å². The second-order valence-electron chi connectivity index (χ2n) is 7.74. The van der Waals surface area contributed by atoms with Crippen LogP contribution in [0.15, 0.2) is 83.7 Å². The molecule has 4 aromatic rings. The lowest BCUT2D eigenvalue weighted by atomic mass is 10.0. The summed E-state index contributed by atoms with van der Waals surface area (Å²) in [6.07, 6.45) is 1.88. The average molecular weight is 422 g/mol. The Labute approximate surface area is 185 Å². The van der Waals surface area contributed by atoms with Crippen molar-refractivity contribution < 1.29 is 4.79 Å². The minimum absolute atomic E-state index is 0.102. The fourth-order valence-corrected chi connectivity index (χ4v) is 3.97. The van der Waals surface area contributed by atoms with Gasteiger partial charge >= 0.3 is 0 Å². The maximum absolute atomic E-state index is 13.1. The van der Waals surface area contributed by atoms with Crippen LogP contribution in [0.2, 0.25) is 0 Å². The zero-order valence-corrected chi connectivity index (χ0v) is 17.8. The Bertz CT molecular complexity index is 1410. The molecule has 1 amide bonds. The van der Waals surface area contributed by atoms with Crippen LogP contribution in [0.4, 0.5) is 17.1 Å². The first-order chi connectivity index (χ1) is 15.5. The van der Waals surface area contributed by atoms with Gasteiger partial charge < -0.3 is 10.6 Å². The van der Waals surface area contributed by atoms with Crippen LogP contribution in [0.3, 0.4) is 0 Å². The standard InChI is InChI=1S/C26H22N4O2/c1-17-24(26(32)30(29(17)2)20-8-4-3-5-9-20)27-19-14-12-18(13-15-19)16-22-21-10-6-7-11-23(21)28-25(22)31/h3-16,27H,1-2H3,(H,28,31). The topological polar surface area (TPSA) is 68.1 Å². The van der Waals surface area contributed by atoms with Gasteiger partial charge in [-0.15, -0.1) is 0 Å². The third-order valence-electron chi connectivity index (χ3n) is 5.76. The molecule has 1 aliphatic rings. The molecule has 0 saturated heterocycles. The molecule has 158 valence electrons. The Morgan fingerprint density at radius 1 is 0.875 bits per heavy atom. The number of hydrogen-bond acceptors (Lipinski definition) is 3. The number of amides is 1. The molecule has 5 rings (SSSR count). The predicted octanol–water partition coefficient (Wildman–Crippen LogP) is 4.72. The average Bonchev–Trinajstić information content (AvgIpc) is 3.23. The van der Waals surface area contributed by atoms with Crippen molar-refractivity contribution in [2.24, 2.45) is 7.05 Å². The van der Waals surface area contributed by atoms with E-state index >= 15 is 0 Å². The Kier molecular flexibility index (Phi) is 4.75. The Morgan fingerprint density at radius 3 is 2.31 bits per heavy atom. The number of para-hydroxylation sites is 2. The van der Waals surface area contributed by atoms with Gasteiger partial charge in [-0.2, -0.15) is 0 Å². The highest BCUT2D eigenvalue weighted by Gasteiger charge is 2.23. The number of rotatable bonds is 4. The summed E-state index contributed by atoms with van der Waals surface area (Å²) in [7, 11) is 1.87. The molecule has 3 aromatic carbocycles. The Balaban J connectivity index is 1.43. The zero-order chi connectivity index (χ0) is 22.2. The smallest absolute Gasteiger partial charge is 0.295 e. The van der Waals surface area contributed by atoms with E-state index in [2.05, 4.69) is 10.6 Å². The van der Waals surface area contributed by atoms with Gasteiger partial charge in [0, 0.05) is 29.6 Å². The molecule has 0 bridgehead atoms. The molecule has 2 N–H and O–H groups in total. The molecule has 0 fully saturated rings. The van der Waals surface area contributed by atoms with Crippen LogP contribution in [0, 0.1) is 6.92 Å². The van der Waals surface area contributed by atoms with E-state index in [1.165, 1.54) is 0 Å². The van der Waals surface area contributed by atoms with E-state index in [0.29, 0.717) is 11.3 Å². The first kappa shape index (κ1) is 19.6. The van der Waals surface area contributed by atoms with E-state index < -0.39 is 0 Å². The van der Waals surface area contributed by atoms with Crippen molar-refractivity contribution in [3.8, 4) is 5.69 Å². The first-order valence-corrected chi connectivity index (χ1v) is 10.4. The molecule has 0 saturated carbocycles. The largest absolute Gasteiger partial charge is 0.349 e. The Morgan fingerprint density at radius 2 is 1.56 bits per heavy atom. The molecular formula is C26H22N4O2. The van der Waals surface area contributed by atoms with Gasteiger partial charge in [0.2, 0.25) is 0 Å². The molecule has 1 aromatic heterocycles. The van der Waals surface area contributed by atoms with Crippen molar-refractivity contribution >= 4 is 34.6 Å². The van der Waals surface area contributed by atoms with Crippen molar-refractivity contribution in [2.45, 2.75) is 6.92 Å². The molecule has 0 radical (unpaired) electrons. The van der Waals surface area contributed by atoms with Crippen LogP contribution in [0.1, 0.15) is 16.8 Å². The molecule has 2 heterocycles. The van der Waals surface area contributed by atoms with Crippen LogP contribution >= 0.6 is 0 Å². The highest BCUT2D eigenvalue weighted by atomic mass is 16.2. The molecular weight excluding hydrogens is 400 g/mol. The summed E-state index contributed by atoms with van der Waals surface area (Å²) in [5.74, 6) is -0.102. The SMILES string of the molecule is Cc1c(Nc2ccc(C=C3C(=O)Nc4ccccc43)cc2)c(=O)n(-c2ccccc2)n1C. The maximum Gasteiger partial charge on any atom is 0.295 e. The van der Waals surface area contributed by atoms with Crippen LogP contribution in [0.25, 0.3) is 17.3 Å². The number of nitrogens with one attached hydrogen (secondary N) is 2. The molecule has 32 heavy (non-hydrogen) atoms. The van der Waals surface area contributed by atoms with Crippen LogP contribution in [0.5, 0.6) is 0 Å². The normalized spacial score (nSPS) is 13.8. The lowest BCUT2D eigenvalue weighted by Gasteiger charge is -2.07. The third-order valence-corrected chi connectivity index (χ3v) is 5.76. The number of fused-ring (bicyclic) bond motifs is 1. The zero-order valence-electron chi connectivity index (χ0n) is 17.8. The van der Waals surface area contributed by atoms with Crippen LogP contribution < -0.4 is 16.2 Å². The van der Waals surface area contributed by atoms with Gasteiger partial charge in [-0.25, -0.2) is 4.68 Å². The van der Waals surface area contributed by atoms with Gasteiger partial charge in [0.05, 0.1) is 11.4 Å². The van der Waals surface area contributed by atoms with Gasteiger partial charge in [-0.3, -0.25) is 14.3 Å². The number of benzene rings is 3. The maximum atomic E-state index is 13.1. The minimum atomic E-state index is -0.110. The number of hydrogen-bond donors (Lipinski definition) is 2. The van der Waals surface area contributed by atoms with E-state index in [1.54, 1.807) is 4.68 Å². The summed E-state index contributed by atoms with van der Waals surface area (Å²) in [6, 6.07) is 24.9. The molecule has 0 atom stereocenters. The Hall–Kier alpha value is -4.32. The molecule has 0 unspecified atom stereocenters. The van der Waals surface area contributed by atoms with Crippen molar-refractivity contribution in [2.75, 3.05) is 10.6 Å².